The van der Waals surface area contributed by atoms with Crippen molar-refractivity contribution < 1.29 is 9.13 Å². The van der Waals surface area contributed by atoms with Gasteiger partial charge in [-0.05, 0) is 36.5 Å². The zero-order valence-corrected chi connectivity index (χ0v) is 11.9. The monoisotopic (exact) mass is 299 g/mol. The molecule has 0 aliphatic rings. The number of nitrogens with zero attached hydrogens (tertiary/aromatic N) is 2. The summed E-state index contributed by atoms with van der Waals surface area (Å²) < 4.78 is 20.9. The molecule has 0 spiro atoms. The molecule has 21 heavy (non-hydrogen) atoms. The van der Waals surface area contributed by atoms with Crippen LogP contribution in [0, 0.1) is 21.9 Å². The topological polar surface area (TPSA) is 53.7 Å². The number of nitriles is 1. The van der Waals surface area contributed by atoms with Crippen molar-refractivity contribution in [2.75, 3.05) is 7.11 Å². The molecular formula is C15H10FN3OS. The summed E-state index contributed by atoms with van der Waals surface area (Å²) in [6, 6.07) is 11.5. The standard InChI is InChI=1S/C15H10FN3OS/c1-20-14-6-9(8-17)2-5-12(14)19-13-7-10(16)3-4-11(13)18-15(19)21/h2-7H,1H3,(H,18,21). The number of aromatic amines is 1. The Morgan fingerprint density at radius 2 is 2.10 bits per heavy atom. The summed E-state index contributed by atoms with van der Waals surface area (Å²) in [5, 5.41) is 8.95. The number of aromatic nitrogens is 2. The highest BCUT2D eigenvalue weighted by atomic mass is 32.1. The van der Waals surface area contributed by atoms with Crippen LogP contribution in [0.5, 0.6) is 5.75 Å². The number of H-pyrrole nitrogens is 1. The molecular weight excluding hydrogens is 289 g/mol. The summed E-state index contributed by atoms with van der Waals surface area (Å²) in [5.74, 6) is 0.146. The van der Waals surface area contributed by atoms with Crippen LogP contribution in [-0.2, 0) is 0 Å². The average Bonchev–Trinajstić information content (AvgIpc) is 2.81. The summed E-state index contributed by atoms with van der Waals surface area (Å²) in [6.07, 6.45) is 0. The van der Waals surface area contributed by atoms with Gasteiger partial charge in [0.05, 0.1) is 35.5 Å². The predicted molar refractivity (Wildman–Crippen MR) is 79.7 cm³/mol. The summed E-state index contributed by atoms with van der Waals surface area (Å²) >= 11 is 5.31. The van der Waals surface area contributed by atoms with Crippen molar-refractivity contribution in [3.05, 3.63) is 52.5 Å². The van der Waals surface area contributed by atoms with Crippen molar-refractivity contribution in [3.63, 3.8) is 0 Å². The van der Waals surface area contributed by atoms with Crippen LogP contribution in [0.3, 0.4) is 0 Å². The van der Waals surface area contributed by atoms with E-state index in [1.807, 2.05) is 0 Å². The highest BCUT2D eigenvalue weighted by Gasteiger charge is 2.12. The van der Waals surface area contributed by atoms with Gasteiger partial charge in [0.25, 0.3) is 0 Å². The van der Waals surface area contributed by atoms with Gasteiger partial charge in [-0.3, -0.25) is 4.57 Å². The second kappa shape index (κ2) is 5.04. The van der Waals surface area contributed by atoms with E-state index >= 15 is 0 Å². The number of nitrogens with one attached hydrogen (secondary N) is 1. The molecule has 0 aliphatic carbocycles. The lowest BCUT2D eigenvalue weighted by Gasteiger charge is -2.10. The van der Waals surface area contributed by atoms with Gasteiger partial charge in [0.15, 0.2) is 4.77 Å². The van der Waals surface area contributed by atoms with E-state index in [-0.39, 0.29) is 5.82 Å². The SMILES string of the molecule is COc1cc(C#N)ccc1-n1c(=S)[nH]c2ccc(F)cc21. The molecule has 0 aliphatic heterocycles. The van der Waals surface area contributed by atoms with Crippen LogP contribution in [0.2, 0.25) is 0 Å². The van der Waals surface area contributed by atoms with Gasteiger partial charge in [0, 0.05) is 12.1 Å². The van der Waals surface area contributed by atoms with E-state index in [0.717, 1.165) is 5.52 Å². The van der Waals surface area contributed by atoms with E-state index in [1.165, 1.54) is 19.2 Å². The van der Waals surface area contributed by atoms with Crippen molar-refractivity contribution in [1.29, 1.82) is 5.26 Å². The maximum Gasteiger partial charge on any atom is 0.182 e. The Morgan fingerprint density at radius 3 is 2.81 bits per heavy atom. The fraction of sp³-hybridized carbons (Fsp3) is 0.0667. The largest absolute Gasteiger partial charge is 0.495 e. The number of hydrogen-bond donors (Lipinski definition) is 1. The van der Waals surface area contributed by atoms with E-state index in [9.17, 15) is 4.39 Å². The fourth-order valence-electron chi connectivity index (χ4n) is 2.25. The Morgan fingerprint density at radius 1 is 1.29 bits per heavy atom. The van der Waals surface area contributed by atoms with Crippen LogP contribution in [0.25, 0.3) is 16.7 Å². The third kappa shape index (κ3) is 2.18. The first-order valence-electron chi connectivity index (χ1n) is 6.13. The molecule has 3 aromatic rings. The Labute approximate surface area is 125 Å². The number of rotatable bonds is 2. The summed E-state index contributed by atoms with van der Waals surface area (Å²) in [5.41, 5.74) is 2.47. The minimum atomic E-state index is -0.349. The first kappa shape index (κ1) is 13.3. The molecule has 0 saturated heterocycles. The van der Waals surface area contributed by atoms with Crippen molar-refractivity contribution >= 4 is 23.3 Å². The van der Waals surface area contributed by atoms with Gasteiger partial charge in [-0.1, -0.05) is 0 Å². The molecule has 2 aromatic carbocycles. The molecule has 0 radical (unpaired) electrons. The summed E-state index contributed by atoms with van der Waals surface area (Å²) in [6.45, 7) is 0. The second-order valence-corrected chi connectivity index (χ2v) is 4.81. The predicted octanol–water partition coefficient (Wildman–Crippen LogP) is 3.71. The van der Waals surface area contributed by atoms with Crippen LogP contribution in [-0.4, -0.2) is 16.7 Å². The minimum Gasteiger partial charge on any atom is -0.495 e. The molecule has 0 saturated carbocycles. The lowest BCUT2D eigenvalue weighted by Crippen LogP contribution is -1.99. The van der Waals surface area contributed by atoms with Crippen LogP contribution in [0.15, 0.2) is 36.4 Å². The number of methoxy groups -OCH3 is 1. The molecule has 0 fully saturated rings. The van der Waals surface area contributed by atoms with Gasteiger partial charge in [-0.25, -0.2) is 4.39 Å². The zero-order chi connectivity index (χ0) is 15.0. The Balaban J connectivity index is 2.35. The molecule has 0 bridgehead atoms. The Hall–Kier alpha value is -2.65. The van der Waals surface area contributed by atoms with Gasteiger partial charge in [-0.2, -0.15) is 5.26 Å². The molecule has 1 N–H and O–H groups in total. The van der Waals surface area contributed by atoms with Crippen LogP contribution in [0.4, 0.5) is 4.39 Å². The maximum absolute atomic E-state index is 13.5. The number of hydrogen-bond acceptors (Lipinski definition) is 3. The Bertz CT molecular complexity index is 936. The van der Waals surface area contributed by atoms with E-state index in [1.54, 1.807) is 28.8 Å². The number of halogens is 1. The summed E-state index contributed by atoms with van der Waals surface area (Å²) in [7, 11) is 1.51. The molecule has 0 unspecified atom stereocenters. The first-order chi connectivity index (χ1) is 10.1. The maximum atomic E-state index is 13.5. The van der Waals surface area contributed by atoms with Crippen molar-refractivity contribution in [3.8, 4) is 17.5 Å². The average molecular weight is 299 g/mol. The van der Waals surface area contributed by atoms with Crippen LogP contribution >= 0.6 is 12.2 Å². The quantitative estimate of drug-likeness (QED) is 0.734. The number of imidazole rings is 1. The zero-order valence-electron chi connectivity index (χ0n) is 11.1. The molecule has 0 amide bonds. The highest BCUT2D eigenvalue weighted by molar-refractivity contribution is 7.71. The fourth-order valence-corrected chi connectivity index (χ4v) is 2.55. The van der Waals surface area contributed by atoms with Gasteiger partial charge < -0.3 is 9.72 Å². The Kier molecular flexibility index (Phi) is 3.20. The molecule has 3 rings (SSSR count). The molecule has 104 valence electrons. The normalized spacial score (nSPS) is 10.5. The first-order valence-corrected chi connectivity index (χ1v) is 6.53. The molecule has 4 nitrogen and oxygen atoms in total. The van der Waals surface area contributed by atoms with E-state index in [2.05, 4.69) is 11.1 Å². The number of fused-ring (bicyclic) bond motifs is 1. The van der Waals surface area contributed by atoms with E-state index < -0.39 is 0 Å². The smallest absolute Gasteiger partial charge is 0.182 e. The highest BCUT2D eigenvalue weighted by Crippen LogP contribution is 2.28. The lowest BCUT2D eigenvalue weighted by molar-refractivity contribution is 0.413. The molecule has 1 aromatic heterocycles. The third-order valence-electron chi connectivity index (χ3n) is 3.20. The lowest BCUT2D eigenvalue weighted by atomic mass is 10.2. The summed E-state index contributed by atoms with van der Waals surface area (Å²) in [4.78, 5) is 3.02. The van der Waals surface area contributed by atoms with Crippen molar-refractivity contribution in [2.24, 2.45) is 0 Å². The number of ether oxygens (including phenoxy) is 1. The van der Waals surface area contributed by atoms with Crippen LogP contribution in [0.1, 0.15) is 5.56 Å². The van der Waals surface area contributed by atoms with E-state index in [4.69, 9.17) is 22.2 Å². The van der Waals surface area contributed by atoms with Crippen LogP contribution < -0.4 is 4.74 Å². The van der Waals surface area contributed by atoms with Crippen molar-refractivity contribution in [2.45, 2.75) is 0 Å². The number of benzene rings is 2. The van der Waals surface area contributed by atoms with Gasteiger partial charge in [0.2, 0.25) is 0 Å². The third-order valence-corrected chi connectivity index (χ3v) is 3.48. The molecule has 1 heterocycles. The minimum absolute atomic E-state index is 0.349. The second-order valence-electron chi connectivity index (χ2n) is 4.43. The van der Waals surface area contributed by atoms with Gasteiger partial charge >= 0.3 is 0 Å². The van der Waals surface area contributed by atoms with E-state index in [0.29, 0.717) is 27.3 Å². The van der Waals surface area contributed by atoms with Gasteiger partial charge in [0.1, 0.15) is 11.6 Å². The van der Waals surface area contributed by atoms with Gasteiger partial charge in [-0.15, -0.1) is 0 Å². The van der Waals surface area contributed by atoms with Crippen molar-refractivity contribution in [1.82, 2.24) is 9.55 Å². The molecule has 6 heteroatoms. The molecule has 0 atom stereocenters.